The number of amides is 1. The summed E-state index contributed by atoms with van der Waals surface area (Å²) in [4.78, 5) is 34.2. The molecule has 0 radical (unpaired) electrons. The van der Waals surface area contributed by atoms with Gasteiger partial charge in [-0.15, -0.1) is 0 Å². The number of carbonyl (C=O) groups excluding carboxylic acids is 1. The summed E-state index contributed by atoms with van der Waals surface area (Å²) >= 11 is 0. The first-order chi connectivity index (χ1) is 14.7. The Morgan fingerprint density at radius 1 is 1.19 bits per heavy atom. The number of fused-ring (bicyclic) bond motifs is 1. The molecule has 0 aliphatic carbocycles. The van der Waals surface area contributed by atoms with Crippen molar-refractivity contribution in [1.82, 2.24) is 14.9 Å². The minimum atomic E-state index is -0.508. The molecule has 9 heteroatoms. The van der Waals surface area contributed by atoms with Crippen molar-refractivity contribution in [2.24, 2.45) is 0 Å². The number of pyridine rings is 1. The Morgan fingerprint density at radius 3 is 2.61 bits per heavy atom. The van der Waals surface area contributed by atoms with Crippen LogP contribution in [-0.2, 0) is 4.74 Å². The first-order valence-electron chi connectivity index (χ1n) is 10.2. The van der Waals surface area contributed by atoms with Gasteiger partial charge in [0.25, 0.3) is 5.69 Å². The summed E-state index contributed by atoms with van der Waals surface area (Å²) in [5, 5.41) is 11.8. The Kier molecular flexibility index (Phi) is 5.26. The third kappa shape index (κ3) is 4.45. The number of anilines is 1. The van der Waals surface area contributed by atoms with Gasteiger partial charge in [-0.3, -0.25) is 10.1 Å². The quantitative estimate of drug-likeness (QED) is 0.500. The Labute approximate surface area is 179 Å². The molecule has 162 valence electrons. The summed E-state index contributed by atoms with van der Waals surface area (Å²) in [7, 11) is 0. The summed E-state index contributed by atoms with van der Waals surface area (Å²) in [6.07, 6.45) is 2.79. The third-order valence-electron chi connectivity index (χ3n) is 5.18. The first-order valence-corrected chi connectivity index (χ1v) is 10.2. The van der Waals surface area contributed by atoms with E-state index < -0.39 is 10.5 Å². The number of aromatic amines is 1. The largest absolute Gasteiger partial charge is 0.444 e. The average molecular weight is 423 g/mol. The van der Waals surface area contributed by atoms with Crippen LogP contribution in [0, 0.1) is 10.1 Å². The molecule has 31 heavy (non-hydrogen) atoms. The zero-order valence-corrected chi connectivity index (χ0v) is 17.8. The number of rotatable bonds is 3. The van der Waals surface area contributed by atoms with Crippen LogP contribution in [0.25, 0.3) is 22.2 Å². The van der Waals surface area contributed by atoms with Gasteiger partial charge >= 0.3 is 6.09 Å². The van der Waals surface area contributed by atoms with Crippen molar-refractivity contribution in [3.05, 3.63) is 52.8 Å². The number of nitrogens with one attached hydrogen (secondary N) is 1. The van der Waals surface area contributed by atoms with Gasteiger partial charge in [-0.1, -0.05) is 12.1 Å². The standard InChI is InChI=1S/C22H25N5O4/c1-22(2,3)31-21(28)26-9-7-25(8-10-26)16-6-4-5-15(11-16)19-14-24-20-18(19)12-17(13-23-20)27(29)30/h4-6,11-14H,7-10H2,1-3H3,(H,23,24). The number of piperazine rings is 1. The molecule has 1 aliphatic heterocycles. The van der Waals surface area contributed by atoms with E-state index in [1.807, 2.05) is 45.2 Å². The lowest BCUT2D eigenvalue weighted by molar-refractivity contribution is -0.385. The summed E-state index contributed by atoms with van der Waals surface area (Å²) < 4.78 is 5.46. The summed E-state index contributed by atoms with van der Waals surface area (Å²) in [5.74, 6) is 0. The van der Waals surface area contributed by atoms with E-state index in [0.29, 0.717) is 37.2 Å². The zero-order valence-electron chi connectivity index (χ0n) is 17.8. The van der Waals surface area contributed by atoms with Gasteiger partial charge < -0.3 is 19.5 Å². The molecule has 0 spiro atoms. The molecule has 9 nitrogen and oxygen atoms in total. The smallest absolute Gasteiger partial charge is 0.410 e. The van der Waals surface area contributed by atoms with Crippen molar-refractivity contribution in [3.63, 3.8) is 0 Å². The first kappa shape index (κ1) is 20.6. The van der Waals surface area contributed by atoms with Gasteiger partial charge in [0.05, 0.1) is 4.92 Å². The van der Waals surface area contributed by atoms with Crippen LogP contribution in [-0.4, -0.2) is 57.7 Å². The van der Waals surface area contributed by atoms with Gasteiger partial charge in [-0.05, 0) is 38.5 Å². The van der Waals surface area contributed by atoms with Crippen molar-refractivity contribution in [2.75, 3.05) is 31.1 Å². The van der Waals surface area contributed by atoms with Gasteiger partial charge in [0, 0.05) is 55.1 Å². The molecule has 0 bridgehead atoms. The number of H-pyrrole nitrogens is 1. The number of aromatic nitrogens is 2. The average Bonchev–Trinajstić information content (AvgIpc) is 3.16. The summed E-state index contributed by atoms with van der Waals surface area (Å²) in [6, 6.07) is 9.57. The predicted octanol–water partition coefficient (Wildman–Crippen LogP) is 4.20. The van der Waals surface area contributed by atoms with Gasteiger partial charge in [-0.25, -0.2) is 9.78 Å². The van der Waals surface area contributed by atoms with Crippen LogP contribution in [0.3, 0.4) is 0 Å². The van der Waals surface area contributed by atoms with E-state index in [4.69, 9.17) is 4.74 Å². The van der Waals surface area contributed by atoms with E-state index in [9.17, 15) is 14.9 Å². The van der Waals surface area contributed by atoms with Crippen LogP contribution in [0.15, 0.2) is 42.7 Å². The molecule has 1 fully saturated rings. The minimum Gasteiger partial charge on any atom is -0.444 e. The maximum Gasteiger partial charge on any atom is 0.410 e. The van der Waals surface area contributed by atoms with Crippen LogP contribution < -0.4 is 4.90 Å². The van der Waals surface area contributed by atoms with Crippen LogP contribution in [0.4, 0.5) is 16.2 Å². The second-order valence-corrected chi connectivity index (χ2v) is 8.55. The predicted molar refractivity (Wildman–Crippen MR) is 118 cm³/mol. The molecule has 3 heterocycles. The molecular weight excluding hydrogens is 398 g/mol. The van der Waals surface area contributed by atoms with E-state index in [0.717, 1.165) is 16.8 Å². The second-order valence-electron chi connectivity index (χ2n) is 8.55. The number of ether oxygens (including phenoxy) is 1. The maximum absolute atomic E-state index is 12.3. The molecule has 1 aromatic carbocycles. The molecular formula is C22H25N5O4. The van der Waals surface area contributed by atoms with E-state index >= 15 is 0 Å². The normalized spacial score (nSPS) is 14.7. The van der Waals surface area contributed by atoms with Gasteiger partial charge in [0.1, 0.15) is 17.4 Å². The lowest BCUT2D eigenvalue weighted by Crippen LogP contribution is -2.50. The number of nitrogens with zero attached hydrogens (tertiary/aromatic N) is 4. The van der Waals surface area contributed by atoms with Crippen molar-refractivity contribution >= 4 is 28.5 Å². The molecule has 3 aromatic rings. The molecule has 1 N–H and O–H groups in total. The highest BCUT2D eigenvalue weighted by Gasteiger charge is 2.26. The highest BCUT2D eigenvalue weighted by atomic mass is 16.6. The number of hydrogen-bond acceptors (Lipinski definition) is 6. The lowest BCUT2D eigenvalue weighted by atomic mass is 10.0. The maximum atomic E-state index is 12.3. The number of benzene rings is 1. The van der Waals surface area contributed by atoms with Crippen LogP contribution in [0.5, 0.6) is 0 Å². The Morgan fingerprint density at radius 2 is 1.94 bits per heavy atom. The number of nitro groups is 1. The fourth-order valence-corrected chi connectivity index (χ4v) is 3.67. The van der Waals surface area contributed by atoms with Crippen LogP contribution in [0.1, 0.15) is 20.8 Å². The zero-order chi connectivity index (χ0) is 22.2. The number of carbonyl (C=O) groups is 1. The molecule has 2 aromatic heterocycles. The second kappa shape index (κ2) is 7.90. The molecule has 4 rings (SSSR count). The molecule has 1 aliphatic rings. The van der Waals surface area contributed by atoms with Gasteiger partial charge in [0.15, 0.2) is 0 Å². The van der Waals surface area contributed by atoms with Crippen molar-refractivity contribution < 1.29 is 14.5 Å². The van der Waals surface area contributed by atoms with E-state index in [1.54, 1.807) is 11.0 Å². The Hall–Kier alpha value is -3.62. The van der Waals surface area contributed by atoms with E-state index in [-0.39, 0.29) is 11.8 Å². The number of hydrogen-bond donors (Lipinski definition) is 1. The molecule has 0 atom stereocenters. The van der Waals surface area contributed by atoms with Gasteiger partial charge in [0.2, 0.25) is 0 Å². The van der Waals surface area contributed by atoms with E-state index in [1.165, 1.54) is 6.20 Å². The van der Waals surface area contributed by atoms with E-state index in [2.05, 4.69) is 20.9 Å². The SMILES string of the molecule is CC(C)(C)OC(=O)N1CCN(c2cccc(-c3c[nH]c4ncc([N+](=O)[O-])cc34)c2)CC1. The minimum absolute atomic E-state index is 0.0391. The lowest BCUT2D eigenvalue weighted by Gasteiger charge is -2.36. The van der Waals surface area contributed by atoms with Crippen molar-refractivity contribution in [1.29, 1.82) is 0 Å². The molecule has 1 amide bonds. The molecule has 0 saturated carbocycles. The summed E-state index contributed by atoms with van der Waals surface area (Å²) in [5.41, 5.74) is 2.90. The van der Waals surface area contributed by atoms with Crippen molar-refractivity contribution in [3.8, 4) is 11.1 Å². The highest BCUT2D eigenvalue weighted by molar-refractivity contribution is 5.95. The third-order valence-corrected chi connectivity index (χ3v) is 5.18. The molecule has 0 unspecified atom stereocenters. The topological polar surface area (TPSA) is 105 Å². The van der Waals surface area contributed by atoms with Crippen LogP contribution >= 0.6 is 0 Å². The highest BCUT2D eigenvalue weighted by Crippen LogP contribution is 2.32. The van der Waals surface area contributed by atoms with Crippen molar-refractivity contribution in [2.45, 2.75) is 26.4 Å². The van der Waals surface area contributed by atoms with Gasteiger partial charge in [-0.2, -0.15) is 0 Å². The fraction of sp³-hybridized carbons (Fsp3) is 0.364. The Balaban J connectivity index is 1.52. The molecule has 1 saturated heterocycles. The fourth-order valence-electron chi connectivity index (χ4n) is 3.67. The van der Waals surface area contributed by atoms with Crippen LogP contribution in [0.2, 0.25) is 0 Å². The Bertz CT molecular complexity index is 1130. The monoisotopic (exact) mass is 423 g/mol. The summed E-state index contributed by atoms with van der Waals surface area (Å²) in [6.45, 7) is 8.16.